The number of hydrogen-bond donors (Lipinski definition) is 4. The molecule has 0 spiro atoms. The second-order valence-electron chi connectivity index (χ2n) is 13.4. The highest BCUT2D eigenvalue weighted by atomic mass is 16.4. The third-order valence-corrected chi connectivity index (χ3v) is 11.1. The smallest absolute Gasteiger partial charge is 0.307 e. The van der Waals surface area contributed by atoms with Crippen molar-refractivity contribution in [2.24, 2.45) is 59.2 Å². The van der Waals surface area contributed by atoms with Crippen LogP contribution in [0.25, 0.3) is 0 Å². The van der Waals surface area contributed by atoms with Crippen LogP contribution in [0, 0.1) is 59.2 Å². The lowest BCUT2D eigenvalue weighted by atomic mass is 9.75. The van der Waals surface area contributed by atoms with Crippen molar-refractivity contribution in [3.05, 3.63) is 24.3 Å². The van der Waals surface area contributed by atoms with E-state index in [2.05, 4.69) is 10.6 Å². The number of rotatable bonds is 8. The Balaban J connectivity index is 0.912. The van der Waals surface area contributed by atoms with E-state index in [1.54, 1.807) is 0 Å². The summed E-state index contributed by atoms with van der Waals surface area (Å²) >= 11 is 0. The first-order valence-corrected chi connectivity index (χ1v) is 15.2. The van der Waals surface area contributed by atoms with Crippen molar-refractivity contribution in [2.45, 2.75) is 82.7 Å². The average molecular weight is 539 g/mol. The highest BCUT2D eigenvalue weighted by Crippen LogP contribution is 2.49. The standard InChI is InChI=1S/C31H42N2O6/c34-28(24-18-5-7-20(14-18)26(24)30(36)37)32-22-9-1-16(2-10-22)13-17-3-11-23(12-4-17)33-29(35)25-19-6-8-21(15-19)27(25)31(38)39/h5-8,16-27H,1-4,9-15H2,(H,32,34)(H,33,35)(H,36,37)(H,38,39)/t16?,17?,18-,19+,20-,21-,22?,23?,24+,25-,26-,27-/m0/s1. The second-order valence-corrected chi connectivity index (χ2v) is 13.4. The quantitative estimate of drug-likeness (QED) is 0.348. The monoisotopic (exact) mass is 538 g/mol. The Morgan fingerprint density at radius 3 is 1.21 bits per heavy atom. The predicted octanol–water partition coefficient (Wildman–Crippen LogP) is 3.77. The Kier molecular flexibility index (Phi) is 7.32. The molecule has 39 heavy (non-hydrogen) atoms. The van der Waals surface area contributed by atoms with E-state index in [1.807, 2.05) is 24.3 Å². The van der Waals surface area contributed by atoms with E-state index in [-0.39, 0.29) is 47.6 Å². The zero-order chi connectivity index (χ0) is 27.3. The average Bonchev–Trinajstić information content (AvgIpc) is 3.71. The molecule has 0 saturated heterocycles. The van der Waals surface area contributed by atoms with Crippen LogP contribution in [0.15, 0.2) is 24.3 Å². The summed E-state index contributed by atoms with van der Waals surface area (Å²) in [5.41, 5.74) is 0. The summed E-state index contributed by atoms with van der Waals surface area (Å²) in [6.45, 7) is 0. The van der Waals surface area contributed by atoms with Crippen LogP contribution in [0.4, 0.5) is 0 Å². The molecule has 0 radical (unpaired) electrons. The van der Waals surface area contributed by atoms with Gasteiger partial charge in [-0.1, -0.05) is 24.3 Å². The summed E-state index contributed by atoms with van der Waals surface area (Å²) < 4.78 is 0. The van der Waals surface area contributed by atoms with E-state index in [4.69, 9.17) is 0 Å². The molecule has 4 fully saturated rings. The van der Waals surface area contributed by atoms with Gasteiger partial charge in [0.15, 0.2) is 0 Å². The number of carboxylic acid groups (broad SMARTS) is 2. The van der Waals surface area contributed by atoms with Gasteiger partial charge in [-0.15, -0.1) is 0 Å². The maximum Gasteiger partial charge on any atom is 0.307 e. The van der Waals surface area contributed by atoms with Crippen molar-refractivity contribution in [1.29, 1.82) is 0 Å². The molecule has 0 aromatic rings. The molecule has 212 valence electrons. The number of carbonyl (C=O) groups excluding carboxylic acids is 2. The van der Waals surface area contributed by atoms with Crippen LogP contribution in [-0.4, -0.2) is 46.0 Å². The minimum absolute atomic E-state index is 0.000903. The Hall–Kier alpha value is -2.64. The van der Waals surface area contributed by atoms with E-state index in [9.17, 15) is 29.4 Å². The van der Waals surface area contributed by atoms with Gasteiger partial charge in [0, 0.05) is 12.1 Å². The van der Waals surface area contributed by atoms with Gasteiger partial charge in [-0.3, -0.25) is 19.2 Å². The number of nitrogens with one attached hydrogen (secondary N) is 2. The molecule has 6 aliphatic rings. The first-order valence-electron chi connectivity index (χ1n) is 15.2. The zero-order valence-electron chi connectivity index (χ0n) is 22.5. The summed E-state index contributed by atoms with van der Waals surface area (Å²) in [4.78, 5) is 49.6. The largest absolute Gasteiger partial charge is 0.481 e. The zero-order valence-corrected chi connectivity index (χ0v) is 22.5. The SMILES string of the molecule is O=C(NC1CCC(CC2CCC(NC(=O)[C@H]3[C@@H](C(=O)O)[C@H]4C=C[C@H]3C4)CC2)CC1)[C@@H]1[C@@H](C(=O)O)[C@H]2C=C[C@@H]1C2. The molecule has 0 heterocycles. The maximum absolute atomic E-state index is 13.0. The van der Waals surface area contributed by atoms with Gasteiger partial charge in [-0.2, -0.15) is 0 Å². The predicted molar refractivity (Wildman–Crippen MR) is 143 cm³/mol. The van der Waals surface area contributed by atoms with Crippen molar-refractivity contribution in [3.8, 4) is 0 Å². The van der Waals surface area contributed by atoms with Gasteiger partial charge in [0.1, 0.15) is 0 Å². The number of fused-ring (bicyclic) bond motifs is 4. The van der Waals surface area contributed by atoms with Gasteiger partial charge in [-0.05, 0) is 106 Å². The van der Waals surface area contributed by atoms with Crippen molar-refractivity contribution in [2.75, 3.05) is 0 Å². The fraction of sp³-hybridized carbons (Fsp3) is 0.742. The van der Waals surface area contributed by atoms with E-state index >= 15 is 0 Å². The van der Waals surface area contributed by atoms with Crippen molar-refractivity contribution < 1.29 is 29.4 Å². The fourth-order valence-electron chi connectivity index (χ4n) is 9.18. The molecule has 4 N–H and O–H groups in total. The van der Waals surface area contributed by atoms with Crippen LogP contribution < -0.4 is 10.6 Å². The lowest BCUT2D eigenvalue weighted by Crippen LogP contribution is -2.46. The normalized spacial score (nSPS) is 43.9. The molecule has 6 aliphatic carbocycles. The van der Waals surface area contributed by atoms with Gasteiger partial charge < -0.3 is 20.8 Å². The van der Waals surface area contributed by atoms with Crippen LogP contribution in [0.3, 0.4) is 0 Å². The van der Waals surface area contributed by atoms with Crippen LogP contribution in [0.2, 0.25) is 0 Å². The number of amides is 2. The molecule has 2 amide bonds. The molecule has 0 unspecified atom stereocenters. The summed E-state index contributed by atoms with van der Waals surface area (Å²) in [6, 6.07) is 0.292. The highest BCUT2D eigenvalue weighted by molar-refractivity contribution is 5.87. The van der Waals surface area contributed by atoms with Crippen LogP contribution >= 0.6 is 0 Å². The topological polar surface area (TPSA) is 133 Å². The van der Waals surface area contributed by atoms with Crippen LogP contribution in [-0.2, 0) is 19.2 Å². The Bertz CT molecular complexity index is 971. The Morgan fingerprint density at radius 2 is 0.872 bits per heavy atom. The minimum Gasteiger partial charge on any atom is -0.481 e. The number of allylic oxidation sites excluding steroid dienone is 4. The van der Waals surface area contributed by atoms with E-state index in [0.717, 1.165) is 64.2 Å². The van der Waals surface area contributed by atoms with Crippen LogP contribution in [0.1, 0.15) is 70.6 Å². The maximum atomic E-state index is 13.0. The number of carboxylic acids is 2. The van der Waals surface area contributed by atoms with Crippen LogP contribution in [0.5, 0.6) is 0 Å². The van der Waals surface area contributed by atoms with E-state index in [1.165, 1.54) is 6.42 Å². The molecule has 8 atom stereocenters. The highest BCUT2D eigenvalue weighted by Gasteiger charge is 2.53. The lowest BCUT2D eigenvalue weighted by molar-refractivity contribution is -0.148. The first-order chi connectivity index (χ1) is 18.8. The van der Waals surface area contributed by atoms with Crippen molar-refractivity contribution >= 4 is 23.8 Å². The molecule has 0 aromatic carbocycles. The molecular weight excluding hydrogens is 496 g/mol. The molecule has 6 rings (SSSR count). The third-order valence-electron chi connectivity index (χ3n) is 11.1. The number of hydrogen-bond acceptors (Lipinski definition) is 4. The second kappa shape index (κ2) is 10.7. The van der Waals surface area contributed by atoms with Crippen molar-refractivity contribution in [3.63, 3.8) is 0 Å². The minimum atomic E-state index is -0.850. The number of aliphatic carboxylic acids is 2. The van der Waals surface area contributed by atoms with Crippen molar-refractivity contribution in [1.82, 2.24) is 10.6 Å². The van der Waals surface area contributed by atoms with Gasteiger partial charge in [-0.25, -0.2) is 0 Å². The Morgan fingerprint density at radius 1 is 0.538 bits per heavy atom. The molecule has 4 saturated carbocycles. The first kappa shape index (κ1) is 26.6. The lowest BCUT2D eigenvalue weighted by Gasteiger charge is -2.35. The summed E-state index contributed by atoms with van der Waals surface area (Å²) in [5.74, 6) is -2.42. The summed E-state index contributed by atoms with van der Waals surface area (Å²) in [5, 5.41) is 25.7. The summed E-state index contributed by atoms with van der Waals surface area (Å²) in [7, 11) is 0. The van der Waals surface area contributed by atoms with Gasteiger partial charge >= 0.3 is 11.9 Å². The molecular formula is C31H42N2O6. The Labute approximate surface area is 230 Å². The van der Waals surface area contributed by atoms with E-state index < -0.39 is 35.6 Å². The fourth-order valence-corrected chi connectivity index (χ4v) is 9.18. The van der Waals surface area contributed by atoms with E-state index in [0.29, 0.717) is 11.8 Å². The molecule has 4 bridgehead atoms. The molecule has 8 nitrogen and oxygen atoms in total. The van der Waals surface area contributed by atoms with Gasteiger partial charge in [0.05, 0.1) is 23.7 Å². The summed E-state index contributed by atoms with van der Waals surface area (Å²) in [6.07, 6.45) is 19.0. The van der Waals surface area contributed by atoms with Gasteiger partial charge in [0.2, 0.25) is 11.8 Å². The molecule has 0 aliphatic heterocycles. The number of carbonyl (C=O) groups is 4. The third kappa shape index (κ3) is 5.16. The van der Waals surface area contributed by atoms with Gasteiger partial charge in [0.25, 0.3) is 0 Å². The molecule has 8 heteroatoms. The molecule has 0 aromatic heterocycles.